The SMILES string of the molecule is Cc1cccc2[nH]cc(C(C)n3c(=O)n(-c4ccc(=O)[nH]c4)c4ccccc43)c12. The molecule has 0 saturated heterocycles. The molecule has 1 unspecified atom stereocenters. The molecule has 0 aliphatic heterocycles. The van der Waals surface area contributed by atoms with Gasteiger partial charge in [-0.25, -0.2) is 4.79 Å². The zero-order chi connectivity index (χ0) is 20.1. The number of aromatic nitrogens is 4. The van der Waals surface area contributed by atoms with Crippen molar-refractivity contribution in [3.8, 4) is 5.69 Å². The number of pyridine rings is 1. The molecule has 1 atom stereocenters. The van der Waals surface area contributed by atoms with Crippen LogP contribution in [-0.2, 0) is 0 Å². The maximum absolute atomic E-state index is 13.6. The van der Waals surface area contributed by atoms with Gasteiger partial charge >= 0.3 is 5.69 Å². The fourth-order valence-corrected chi connectivity index (χ4v) is 4.20. The lowest BCUT2D eigenvalue weighted by Gasteiger charge is -2.14. The number of para-hydroxylation sites is 2. The molecule has 5 rings (SSSR count). The normalized spacial score (nSPS) is 12.6. The highest BCUT2D eigenvalue weighted by Crippen LogP contribution is 2.31. The highest BCUT2D eigenvalue weighted by Gasteiger charge is 2.22. The van der Waals surface area contributed by atoms with E-state index in [9.17, 15) is 9.59 Å². The molecule has 2 N–H and O–H groups in total. The number of fused-ring (bicyclic) bond motifs is 2. The van der Waals surface area contributed by atoms with Gasteiger partial charge in [0.25, 0.3) is 0 Å². The van der Waals surface area contributed by atoms with E-state index in [1.165, 1.54) is 11.6 Å². The van der Waals surface area contributed by atoms with Gasteiger partial charge in [-0.1, -0.05) is 24.3 Å². The molecule has 0 fully saturated rings. The quantitative estimate of drug-likeness (QED) is 0.495. The first-order valence-electron chi connectivity index (χ1n) is 9.54. The number of hydrogen-bond acceptors (Lipinski definition) is 2. The van der Waals surface area contributed by atoms with Crippen LogP contribution in [0.2, 0.25) is 0 Å². The summed E-state index contributed by atoms with van der Waals surface area (Å²) in [5, 5.41) is 1.15. The first-order chi connectivity index (χ1) is 14.1. The average Bonchev–Trinajstić information content (AvgIpc) is 3.28. The number of imidazole rings is 1. The molecular weight excluding hydrogens is 364 g/mol. The molecule has 0 saturated carbocycles. The largest absolute Gasteiger partial charge is 0.361 e. The Bertz CT molecular complexity index is 1460. The van der Waals surface area contributed by atoms with E-state index in [0.29, 0.717) is 5.69 Å². The molecule has 0 bridgehead atoms. The lowest BCUT2D eigenvalue weighted by atomic mass is 10.0. The topological polar surface area (TPSA) is 75.6 Å². The lowest BCUT2D eigenvalue weighted by molar-refractivity contribution is 0.630. The Morgan fingerprint density at radius 2 is 1.66 bits per heavy atom. The predicted octanol–water partition coefficient (Wildman–Crippen LogP) is 3.88. The van der Waals surface area contributed by atoms with Crippen molar-refractivity contribution in [3.63, 3.8) is 0 Å². The molecular formula is C23H20N4O2. The van der Waals surface area contributed by atoms with Gasteiger partial charge in [-0.2, -0.15) is 0 Å². The Balaban J connectivity index is 1.79. The summed E-state index contributed by atoms with van der Waals surface area (Å²) >= 11 is 0. The molecule has 144 valence electrons. The van der Waals surface area contributed by atoms with Crippen molar-refractivity contribution in [2.75, 3.05) is 0 Å². The Morgan fingerprint density at radius 3 is 2.41 bits per heavy atom. The zero-order valence-electron chi connectivity index (χ0n) is 16.1. The molecule has 0 amide bonds. The first kappa shape index (κ1) is 17.3. The van der Waals surface area contributed by atoms with Crippen molar-refractivity contribution < 1.29 is 0 Å². The van der Waals surface area contributed by atoms with Gasteiger partial charge in [0.05, 0.1) is 22.8 Å². The van der Waals surface area contributed by atoms with Gasteiger partial charge < -0.3 is 9.97 Å². The van der Waals surface area contributed by atoms with Gasteiger partial charge in [-0.3, -0.25) is 13.9 Å². The van der Waals surface area contributed by atoms with E-state index in [-0.39, 0.29) is 17.3 Å². The van der Waals surface area contributed by atoms with Gasteiger partial charge in [0.15, 0.2) is 0 Å². The molecule has 0 aliphatic carbocycles. The van der Waals surface area contributed by atoms with E-state index < -0.39 is 0 Å². The minimum absolute atomic E-state index is 0.145. The van der Waals surface area contributed by atoms with Gasteiger partial charge in [-0.15, -0.1) is 0 Å². The first-order valence-corrected chi connectivity index (χ1v) is 9.54. The summed E-state index contributed by atoms with van der Waals surface area (Å²) in [6.07, 6.45) is 3.56. The summed E-state index contributed by atoms with van der Waals surface area (Å²) in [6.45, 7) is 4.12. The molecule has 6 heteroatoms. The van der Waals surface area contributed by atoms with Crippen LogP contribution in [0.15, 0.2) is 76.6 Å². The van der Waals surface area contributed by atoms with Gasteiger partial charge in [-0.05, 0) is 43.7 Å². The molecule has 6 nitrogen and oxygen atoms in total. The van der Waals surface area contributed by atoms with E-state index >= 15 is 0 Å². The molecule has 29 heavy (non-hydrogen) atoms. The van der Waals surface area contributed by atoms with Crippen molar-refractivity contribution in [3.05, 3.63) is 99.0 Å². The van der Waals surface area contributed by atoms with Gasteiger partial charge in [0.1, 0.15) is 0 Å². The third kappa shape index (κ3) is 2.56. The van der Waals surface area contributed by atoms with Crippen molar-refractivity contribution >= 4 is 21.9 Å². The molecule has 0 spiro atoms. The second-order valence-electron chi connectivity index (χ2n) is 7.31. The Labute approximate surface area is 166 Å². The maximum Gasteiger partial charge on any atom is 0.334 e. The molecule has 3 aromatic heterocycles. The lowest BCUT2D eigenvalue weighted by Crippen LogP contribution is -2.26. The van der Waals surface area contributed by atoms with Crippen LogP contribution in [-0.4, -0.2) is 19.1 Å². The molecule has 5 aromatic rings. The number of benzene rings is 2. The van der Waals surface area contributed by atoms with Crippen molar-refractivity contribution in [1.29, 1.82) is 0 Å². The van der Waals surface area contributed by atoms with E-state index in [0.717, 1.165) is 27.5 Å². The summed E-state index contributed by atoms with van der Waals surface area (Å²) < 4.78 is 3.46. The van der Waals surface area contributed by atoms with E-state index in [1.54, 1.807) is 16.8 Å². The number of nitrogens with one attached hydrogen (secondary N) is 2. The summed E-state index contributed by atoms with van der Waals surface area (Å²) in [7, 11) is 0. The fraction of sp³-hybridized carbons (Fsp3) is 0.130. The van der Waals surface area contributed by atoms with Crippen molar-refractivity contribution in [2.45, 2.75) is 19.9 Å². The van der Waals surface area contributed by atoms with E-state index in [4.69, 9.17) is 0 Å². The summed E-state index contributed by atoms with van der Waals surface area (Å²) in [5.74, 6) is 0. The summed E-state index contributed by atoms with van der Waals surface area (Å²) in [4.78, 5) is 31.0. The highest BCUT2D eigenvalue weighted by atomic mass is 16.2. The minimum atomic E-state index is -0.201. The second kappa shape index (κ2) is 6.38. The van der Waals surface area contributed by atoms with Gasteiger partial charge in [0.2, 0.25) is 5.56 Å². The van der Waals surface area contributed by atoms with Crippen LogP contribution in [0.5, 0.6) is 0 Å². The highest BCUT2D eigenvalue weighted by molar-refractivity contribution is 5.87. The van der Waals surface area contributed by atoms with Crippen LogP contribution in [0.1, 0.15) is 24.1 Å². The van der Waals surface area contributed by atoms with Crippen molar-refractivity contribution in [2.24, 2.45) is 0 Å². The minimum Gasteiger partial charge on any atom is -0.361 e. The number of aryl methyl sites for hydroxylation is 1. The Kier molecular flexibility index (Phi) is 3.81. The summed E-state index contributed by atoms with van der Waals surface area (Å²) in [6, 6.07) is 16.8. The smallest absolute Gasteiger partial charge is 0.334 e. The van der Waals surface area contributed by atoms with Crippen LogP contribution in [0.3, 0.4) is 0 Å². The average molecular weight is 384 g/mol. The standard InChI is InChI=1S/C23H20N4O2/c1-14-6-5-7-18-22(14)17(13-24-18)15(2)26-19-8-3-4-9-20(19)27(23(26)29)16-10-11-21(28)25-12-16/h3-13,15,24H,1-2H3,(H,25,28). The molecule has 2 aromatic carbocycles. The maximum atomic E-state index is 13.6. The predicted molar refractivity (Wildman–Crippen MR) is 115 cm³/mol. The van der Waals surface area contributed by atoms with Crippen LogP contribution < -0.4 is 11.2 Å². The van der Waals surface area contributed by atoms with E-state index in [2.05, 4.69) is 23.0 Å². The molecule has 3 heterocycles. The third-order valence-corrected chi connectivity index (χ3v) is 5.59. The Hall–Kier alpha value is -3.80. The zero-order valence-corrected chi connectivity index (χ0v) is 16.1. The number of rotatable bonds is 3. The second-order valence-corrected chi connectivity index (χ2v) is 7.31. The fourth-order valence-electron chi connectivity index (χ4n) is 4.20. The van der Waals surface area contributed by atoms with Crippen LogP contribution in [0, 0.1) is 6.92 Å². The summed E-state index contributed by atoms with van der Waals surface area (Å²) in [5.41, 5.74) is 5.23. The van der Waals surface area contributed by atoms with E-state index in [1.807, 2.05) is 54.1 Å². The number of hydrogen-bond donors (Lipinski definition) is 2. The van der Waals surface area contributed by atoms with Crippen molar-refractivity contribution in [1.82, 2.24) is 19.1 Å². The third-order valence-electron chi connectivity index (χ3n) is 5.59. The number of nitrogens with zero attached hydrogens (tertiary/aromatic N) is 2. The molecule has 0 radical (unpaired) electrons. The molecule has 0 aliphatic rings. The number of aromatic amines is 2. The van der Waals surface area contributed by atoms with Crippen LogP contribution in [0.25, 0.3) is 27.6 Å². The van der Waals surface area contributed by atoms with Crippen LogP contribution >= 0.6 is 0 Å². The van der Waals surface area contributed by atoms with Gasteiger partial charge in [0, 0.05) is 34.9 Å². The monoisotopic (exact) mass is 384 g/mol. The van der Waals surface area contributed by atoms with Crippen LogP contribution in [0.4, 0.5) is 0 Å². The Morgan fingerprint density at radius 1 is 0.862 bits per heavy atom. The number of H-pyrrole nitrogens is 2.